The first-order valence-electron chi connectivity index (χ1n) is 5.79. The van der Waals surface area contributed by atoms with Gasteiger partial charge in [-0.25, -0.2) is 9.97 Å². The van der Waals surface area contributed by atoms with Gasteiger partial charge in [0.05, 0.1) is 6.61 Å². The molecule has 0 unspecified atom stereocenters. The van der Waals surface area contributed by atoms with Gasteiger partial charge < -0.3 is 5.11 Å². The van der Waals surface area contributed by atoms with Crippen LogP contribution in [-0.2, 0) is 12.4 Å². The summed E-state index contributed by atoms with van der Waals surface area (Å²) in [5.74, 6) is 0.862. The van der Waals surface area contributed by atoms with Gasteiger partial charge in [-0.3, -0.25) is 0 Å². The van der Waals surface area contributed by atoms with Gasteiger partial charge in [0.1, 0.15) is 0 Å². The highest BCUT2D eigenvalue weighted by Gasteiger charge is 2.01. The van der Waals surface area contributed by atoms with Crippen LogP contribution < -0.4 is 0 Å². The summed E-state index contributed by atoms with van der Waals surface area (Å²) in [5.41, 5.74) is 4.59. The minimum Gasteiger partial charge on any atom is -0.392 e. The highest BCUT2D eigenvalue weighted by molar-refractivity contribution is 7.98. The molecule has 0 aliphatic heterocycles. The van der Waals surface area contributed by atoms with E-state index < -0.39 is 0 Å². The van der Waals surface area contributed by atoms with Crippen molar-refractivity contribution < 1.29 is 5.11 Å². The summed E-state index contributed by atoms with van der Waals surface area (Å²) in [6.45, 7) is 4.20. The Bertz CT molecular complexity index is 506. The number of rotatable bonds is 4. The van der Waals surface area contributed by atoms with Crippen molar-refractivity contribution in [1.29, 1.82) is 0 Å². The first-order valence-corrected chi connectivity index (χ1v) is 6.77. The number of benzene rings is 1. The highest BCUT2D eigenvalue weighted by atomic mass is 32.2. The fourth-order valence-electron chi connectivity index (χ4n) is 1.80. The predicted octanol–water partition coefficient (Wildman–Crippen LogP) is 2.88. The molecule has 0 aliphatic carbocycles. The van der Waals surface area contributed by atoms with Gasteiger partial charge in [0, 0.05) is 23.7 Å². The van der Waals surface area contributed by atoms with Crippen LogP contribution in [0.4, 0.5) is 0 Å². The second-order valence-corrected chi connectivity index (χ2v) is 5.26. The lowest BCUT2D eigenvalue weighted by Gasteiger charge is -2.04. The maximum atomic E-state index is 8.91. The third-order valence-electron chi connectivity index (χ3n) is 2.51. The lowest BCUT2D eigenvalue weighted by molar-refractivity contribution is 0.280. The molecular weight excluding hydrogens is 244 g/mol. The quantitative estimate of drug-likeness (QED) is 0.678. The molecule has 0 fully saturated rings. The summed E-state index contributed by atoms with van der Waals surface area (Å²) in [5, 5.41) is 9.65. The Morgan fingerprint density at radius 1 is 1.00 bits per heavy atom. The Balaban J connectivity index is 2.01. The maximum Gasteiger partial charge on any atom is 0.187 e. The van der Waals surface area contributed by atoms with Gasteiger partial charge in [-0.05, 0) is 19.4 Å². The summed E-state index contributed by atoms with van der Waals surface area (Å²) >= 11 is 1.61. The van der Waals surface area contributed by atoms with Crippen molar-refractivity contribution in [3.05, 3.63) is 52.8 Å². The van der Waals surface area contributed by atoms with Crippen LogP contribution in [-0.4, -0.2) is 15.1 Å². The van der Waals surface area contributed by atoms with Crippen molar-refractivity contribution in [2.24, 2.45) is 0 Å². The average molecular weight is 260 g/mol. The fraction of sp³-hybridized carbons (Fsp3) is 0.286. The van der Waals surface area contributed by atoms with Gasteiger partial charge in [0.15, 0.2) is 5.16 Å². The van der Waals surface area contributed by atoms with E-state index in [4.69, 9.17) is 5.11 Å². The lowest BCUT2D eigenvalue weighted by Crippen LogP contribution is -1.92. The average Bonchev–Trinajstić information content (AvgIpc) is 2.36. The van der Waals surface area contributed by atoms with E-state index in [1.165, 1.54) is 16.7 Å². The van der Waals surface area contributed by atoms with Gasteiger partial charge in [-0.15, -0.1) is 0 Å². The van der Waals surface area contributed by atoms with E-state index >= 15 is 0 Å². The standard InChI is InChI=1S/C14H16N2OS/c1-10-3-11(2)5-12(4-10)9-18-14-15-6-13(8-17)7-16-14/h3-7,17H,8-9H2,1-2H3. The molecule has 18 heavy (non-hydrogen) atoms. The Kier molecular flexibility index (Phi) is 4.33. The van der Waals surface area contributed by atoms with E-state index in [2.05, 4.69) is 42.0 Å². The zero-order chi connectivity index (χ0) is 13.0. The van der Waals surface area contributed by atoms with Crippen LogP contribution in [0.25, 0.3) is 0 Å². The number of thioether (sulfide) groups is 1. The predicted molar refractivity (Wildman–Crippen MR) is 73.4 cm³/mol. The fourth-order valence-corrected chi connectivity index (χ4v) is 2.52. The summed E-state index contributed by atoms with van der Waals surface area (Å²) in [7, 11) is 0. The molecule has 1 aromatic carbocycles. The summed E-state index contributed by atoms with van der Waals surface area (Å²) in [6, 6.07) is 6.53. The molecule has 1 heterocycles. The molecule has 0 spiro atoms. The molecule has 1 N–H and O–H groups in total. The summed E-state index contributed by atoms with van der Waals surface area (Å²) in [4.78, 5) is 8.40. The Hall–Kier alpha value is -1.39. The monoisotopic (exact) mass is 260 g/mol. The van der Waals surface area contributed by atoms with Crippen molar-refractivity contribution in [3.63, 3.8) is 0 Å². The Morgan fingerprint density at radius 3 is 2.17 bits per heavy atom. The SMILES string of the molecule is Cc1cc(C)cc(CSc2ncc(CO)cn2)c1. The largest absolute Gasteiger partial charge is 0.392 e. The van der Waals surface area contributed by atoms with Crippen LogP contribution in [0.2, 0.25) is 0 Å². The number of aliphatic hydroxyl groups excluding tert-OH is 1. The first kappa shape index (κ1) is 13.1. The molecule has 94 valence electrons. The molecule has 2 rings (SSSR count). The third kappa shape index (κ3) is 3.55. The van der Waals surface area contributed by atoms with E-state index in [1.807, 2.05) is 0 Å². The number of hydrogen-bond acceptors (Lipinski definition) is 4. The molecule has 0 amide bonds. The highest BCUT2D eigenvalue weighted by Crippen LogP contribution is 2.20. The van der Waals surface area contributed by atoms with E-state index in [1.54, 1.807) is 24.2 Å². The van der Waals surface area contributed by atoms with Gasteiger partial charge >= 0.3 is 0 Å². The molecular formula is C14H16N2OS. The van der Waals surface area contributed by atoms with E-state index in [0.717, 1.165) is 16.5 Å². The van der Waals surface area contributed by atoms with E-state index in [0.29, 0.717) is 0 Å². The summed E-state index contributed by atoms with van der Waals surface area (Å²) in [6.07, 6.45) is 3.33. The Morgan fingerprint density at radius 2 is 1.61 bits per heavy atom. The van der Waals surface area contributed by atoms with Crippen LogP contribution in [0.15, 0.2) is 35.7 Å². The van der Waals surface area contributed by atoms with E-state index in [-0.39, 0.29) is 6.61 Å². The van der Waals surface area contributed by atoms with Crippen LogP contribution in [0.3, 0.4) is 0 Å². The van der Waals surface area contributed by atoms with Crippen molar-refractivity contribution in [3.8, 4) is 0 Å². The normalized spacial score (nSPS) is 10.6. The molecule has 0 atom stereocenters. The van der Waals surface area contributed by atoms with Crippen LogP contribution in [0.1, 0.15) is 22.3 Å². The second-order valence-electron chi connectivity index (χ2n) is 4.32. The topological polar surface area (TPSA) is 46.0 Å². The van der Waals surface area contributed by atoms with Gasteiger partial charge in [0.2, 0.25) is 0 Å². The van der Waals surface area contributed by atoms with Gasteiger partial charge in [-0.2, -0.15) is 0 Å². The molecule has 2 aromatic rings. The number of hydrogen-bond donors (Lipinski definition) is 1. The van der Waals surface area contributed by atoms with Gasteiger partial charge in [-0.1, -0.05) is 41.1 Å². The van der Waals surface area contributed by atoms with Crippen molar-refractivity contribution >= 4 is 11.8 Å². The third-order valence-corrected chi connectivity index (χ3v) is 3.46. The zero-order valence-corrected chi connectivity index (χ0v) is 11.4. The summed E-state index contributed by atoms with van der Waals surface area (Å²) < 4.78 is 0. The molecule has 0 saturated carbocycles. The maximum absolute atomic E-state index is 8.91. The molecule has 0 saturated heterocycles. The molecule has 0 bridgehead atoms. The number of aryl methyl sites for hydroxylation is 2. The van der Waals surface area contributed by atoms with E-state index in [9.17, 15) is 0 Å². The second kappa shape index (κ2) is 5.98. The van der Waals surface area contributed by atoms with Crippen molar-refractivity contribution in [2.45, 2.75) is 31.4 Å². The molecule has 1 aromatic heterocycles. The van der Waals surface area contributed by atoms with Crippen LogP contribution in [0, 0.1) is 13.8 Å². The number of aliphatic hydroxyl groups is 1. The smallest absolute Gasteiger partial charge is 0.187 e. The number of nitrogens with zero attached hydrogens (tertiary/aromatic N) is 2. The minimum atomic E-state index is -0.0119. The zero-order valence-electron chi connectivity index (χ0n) is 10.6. The molecule has 0 aliphatic rings. The Labute approximate surface area is 111 Å². The lowest BCUT2D eigenvalue weighted by atomic mass is 10.1. The van der Waals surface area contributed by atoms with Crippen LogP contribution in [0.5, 0.6) is 0 Å². The molecule has 0 radical (unpaired) electrons. The van der Waals surface area contributed by atoms with Crippen molar-refractivity contribution in [1.82, 2.24) is 9.97 Å². The molecule has 4 heteroatoms. The van der Waals surface area contributed by atoms with Crippen LogP contribution >= 0.6 is 11.8 Å². The van der Waals surface area contributed by atoms with Crippen molar-refractivity contribution in [2.75, 3.05) is 0 Å². The number of aromatic nitrogens is 2. The minimum absolute atomic E-state index is 0.0119. The van der Waals surface area contributed by atoms with Gasteiger partial charge in [0.25, 0.3) is 0 Å². The molecule has 3 nitrogen and oxygen atoms in total. The first-order chi connectivity index (χ1) is 8.67.